The van der Waals surface area contributed by atoms with Crippen LogP contribution in [0.15, 0.2) is 48.8 Å². The Labute approximate surface area is 181 Å². The first-order chi connectivity index (χ1) is 14.1. The highest BCUT2D eigenvalue weighted by molar-refractivity contribution is 6.30. The van der Waals surface area contributed by atoms with Crippen LogP contribution in [0.1, 0.15) is 48.8 Å². The van der Waals surface area contributed by atoms with Gasteiger partial charge in [-0.05, 0) is 36.6 Å². The molecule has 156 valence electrons. The Morgan fingerprint density at radius 1 is 1.07 bits per heavy atom. The van der Waals surface area contributed by atoms with Crippen LogP contribution in [0.3, 0.4) is 0 Å². The van der Waals surface area contributed by atoms with Crippen molar-refractivity contribution in [3.63, 3.8) is 0 Å². The van der Waals surface area contributed by atoms with Crippen LogP contribution in [-0.4, -0.2) is 20.9 Å². The SMILES string of the molecule is Cc1c(OCc2cnc(-c3ccc(Cl)cc3)cn2)ccc(C(=O)CC(C)(C)C)c1O. The fourth-order valence-electron chi connectivity index (χ4n) is 2.99. The van der Waals surface area contributed by atoms with Crippen molar-refractivity contribution in [1.82, 2.24) is 9.97 Å². The van der Waals surface area contributed by atoms with E-state index in [2.05, 4.69) is 9.97 Å². The summed E-state index contributed by atoms with van der Waals surface area (Å²) in [6, 6.07) is 10.7. The van der Waals surface area contributed by atoms with Gasteiger partial charge in [0.15, 0.2) is 5.78 Å². The summed E-state index contributed by atoms with van der Waals surface area (Å²) >= 11 is 5.91. The van der Waals surface area contributed by atoms with E-state index in [-0.39, 0.29) is 23.6 Å². The molecule has 6 heteroatoms. The highest BCUT2D eigenvalue weighted by Crippen LogP contribution is 2.33. The minimum absolute atomic E-state index is 0.0362. The van der Waals surface area contributed by atoms with Crippen molar-refractivity contribution in [2.24, 2.45) is 5.41 Å². The number of phenols is 1. The summed E-state index contributed by atoms with van der Waals surface area (Å²) in [5, 5.41) is 11.2. The first kappa shape index (κ1) is 21.8. The van der Waals surface area contributed by atoms with Gasteiger partial charge in [0.05, 0.1) is 29.3 Å². The number of aromatic hydroxyl groups is 1. The van der Waals surface area contributed by atoms with Crippen molar-refractivity contribution in [3.05, 3.63) is 70.6 Å². The molecule has 5 nitrogen and oxygen atoms in total. The molecule has 0 saturated carbocycles. The Balaban J connectivity index is 1.69. The van der Waals surface area contributed by atoms with Gasteiger partial charge in [-0.15, -0.1) is 0 Å². The normalized spacial score (nSPS) is 11.4. The van der Waals surface area contributed by atoms with Gasteiger partial charge in [0.2, 0.25) is 0 Å². The number of nitrogens with zero attached hydrogens (tertiary/aromatic N) is 2. The van der Waals surface area contributed by atoms with E-state index < -0.39 is 0 Å². The second-order valence-corrected chi connectivity index (χ2v) is 8.87. The maximum Gasteiger partial charge on any atom is 0.167 e. The fourth-order valence-corrected chi connectivity index (χ4v) is 3.12. The van der Waals surface area contributed by atoms with E-state index in [0.29, 0.717) is 34.0 Å². The number of hydrogen-bond donors (Lipinski definition) is 1. The lowest BCUT2D eigenvalue weighted by molar-refractivity contribution is 0.0937. The van der Waals surface area contributed by atoms with Crippen LogP contribution in [0.25, 0.3) is 11.3 Å². The van der Waals surface area contributed by atoms with Crippen molar-refractivity contribution in [3.8, 4) is 22.8 Å². The number of rotatable bonds is 6. The molecule has 30 heavy (non-hydrogen) atoms. The molecule has 0 aliphatic rings. The van der Waals surface area contributed by atoms with Crippen LogP contribution in [0.5, 0.6) is 11.5 Å². The summed E-state index contributed by atoms with van der Waals surface area (Å²) in [4.78, 5) is 21.3. The Kier molecular flexibility index (Phi) is 6.42. The molecule has 0 aliphatic carbocycles. The van der Waals surface area contributed by atoms with Gasteiger partial charge in [-0.25, -0.2) is 0 Å². The van der Waals surface area contributed by atoms with Crippen LogP contribution in [-0.2, 0) is 6.61 Å². The Hall–Kier alpha value is -2.92. The molecule has 0 unspecified atom stereocenters. The van der Waals surface area contributed by atoms with E-state index in [0.717, 1.165) is 11.3 Å². The number of phenolic OH excluding ortho intramolecular Hbond substituents is 1. The fraction of sp³-hybridized carbons (Fsp3) is 0.292. The number of benzene rings is 2. The van der Waals surface area contributed by atoms with Gasteiger partial charge >= 0.3 is 0 Å². The molecule has 1 heterocycles. The lowest BCUT2D eigenvalue weighted by Gasteiger charge is -2.18. The number of hydrogen-bond acceptors (Lipinski definition) is 5. The summed E-state index contributed by atoms with van der Waals surface area (Å²) in [6.07, 6.45) is 3.69. The Morgan fingerprint density at radius 2 is 1.77 bits per heavy atom. The molecule has 0 fully saturated rings. The number of carbonyl (C=O) groups excluding carboxylic acids is 1. The predicted molar refractivity (Wildman–Crippen MR) is 118 cm³/mol. The van der Waals surface area contributed by atoms with E-state index in [9.17, 15) is 9.90 Å². The highest BCUT2D eigenvalue weighted by Gasteiger charge is 2.21. The zero-order valence-electron chi connectivity index (χ0n) is 17.6. The van der Waals surface area contributed by atoms with E-state index in [1.165, 1.54) is 0 Å². The van der Waals surface area contributed by atoms with Gasteiger partial charge in [0, 0.05) is 22.6 Å². The summed E-state index contributed by atoms with van der Waals surface area (Å²) in [6.45, 7) is 7.90. The van der Waals surface area contributed by atoms with Crippen molar-refractivity contribution >= 4 is 17.4 Å². The monoisotopic (exact) mass is 424 g/mol. The number of halogens is 1. The summed E-state index contributed by atoms with van der Waals surface area (Å²) in [7, 11) is 0. The molecule has 0 atom stereocenters. The molecular weight excluding hydrogens is 400 g/mol. The molecular formula is C24H25ClN2O3. The van der Waals surface area contributed by atoms with Crippen LogP contribution >= 0.6 is 11.6 Å². The molecule has 0 aliphatic heterocycles. The minimum atomic E-state index is -0.149. The average Bonchev–Trinajstić information content (AvgIpc) is 2.69. The van der Waals surface area contributed by atoms with Crippen molar-refractivity contribution in [2.45, 2.75) is 40.7 Å². The van der Waals surface area contributed by atoms with Crippen LogP contribution < -0.4 is 4.74 Å². The zero-order valence-corrected chi connectivity index (χ0v) is 18.3. The summed E-state index contributed by atoms with van der Waals surface area (Å²) in [5.41, 5.74) is 3.02. The molecule has 0 radical (unpaired) electrons. The third-order valence-corrected chi connectivity index (χ3v) is 4.85. The van der Waals surface area contributed by atoms with Crippen molar-refractivity contribution in [2.75, 3.05) is 0 Å². The molecule has 3 rings (SSSR count). The number of ketones is 1. The van der Waals surface area contributed by atoms with E-state index in [4.69, 9.17) is 16.3 Å². The molecule has 0 saturated heterocycles. The van der Waals surface area contributed by atoms with Crippen molar-refractivity contribution in [1.29, 1.82) is 0 Å². The van der Waals surface area contributed by atoms with E-state index in [1.807, 2.05) is 32.9 Å². The average molecular weight is 425 g/mol. The second kappa shape index (κ2) is 8.84. The van der Waals surface area contributed by atoms with Gasteiger partial charge in [0.1, 0.15) is 18.1 Å². The third-order valence-electron chi connectivity index (χ3n) is 4.59. The first-order valence-electron chi connectivity index (χ1n) is 9.69. The molecule has 0 bridgehead atoms. The van der Waals surface area contributed by atoms with Gasteiger partial charge in [0.25, 0.3) is 0 Å². The Bertz CT molecular complexity index is 1040. The largest absolute Gasteiger partial charge is 0.507 e. The number of Topliss-reactive ketones (excluding diaryl/α,β-unsaturated/α-hetero) is 1. The summed E-state index contributed by atoms with van der Waals surface area (Å²) in [5.74, 6) is 0.382. The maximum atomic E-state index is 12.5. The predicted octanol–water partition coefficient (Wildman–Crippen LogP) is 6.01. The quantitative estimate of drug-likeness (QED) is 0.490. The Morgan fingerprint density at radius 3 is 2.37 bits per heavy atom. The lowest BCUT2D eigenvalue weighted by Crippen LogP contribution is -2.13. The summed E-state index contributed by atoms with van der Waals surface area (Å²) < 4.78 is 5.81. The van der Waals surface area contributed by atoms with Crippen LogP contribution in [0.2, 0.25) is 5.02 Å². The lowest BCUT2D eigenvalue weighted by atomic mass is 9.87. The number of aromatic nitrogens is 2. The topological polar surface area (TPSA) is 72.3 Å². The number of carbonyl (C=O) groups is 1. The van der Waals surface area contributed by atoms with Crippen LogP contribution in [0.4, 0.5) is 0 Å². The zero-order chi connectivity index (χ0) is 21.9. The molecule has 1 aromatic heterocycles. The van der Waals surface area contributed by atoms with Gasteiger partial charge < -0.3 is 9.84 Å². The van der Waals surface area contributed by atoms with Crippen molar-refractivity contribution < 1.29 is 14.6 Å². The maximum absolute atomic E-state index is 12.5. The number of ether oxygens (including phenoxy) is 1. The highest BCUT2D eigenvalue weighted by atomic mass is 35.5. The van der Waals surface area contributed by atoms with E-state index in [1.54, 1.807) is 43.6 Å². The van der Waals surface area contributed by atoms with Gasteiger partial charge in [-0.2, -0.15) is 0 Å². The molecule has 0 amide bonds. The van der Waals surface area contributed by atoms with Gasteiger partial charge in [-0.1, -0.05) is 44.5 Å². The second-order valence-electron chi connectivity index (χ2n) is 8.43. The molecule has 0 spiro atoms. The third kappa shape index (κ3) is 5.36. The minimum Gasteiger partial charge on any atom is -0.507 e. The smallest absolute Gasteiger partial charge is 0.167 e. The molecule has 2 aromatic carbocycles. The van der Waals surface area contributed by atoms with Crippen LogP contribution in [0, 0.1) is 12.3 Å². The standard InChI is InChI=1S/C24H25ClN2O3/c1-15-22(10-9-19(23(15)29)21(28)11-24(2,3)4)30-14-18-12-27-20(13-26-18)16-5-7-17(25)8-6-16/h5-10,12-13,29H,11,14H2,1-4H3. The van der Waals surface area contributed by atoms with E-state index >= 15 is 0 Å². The molecule has 3 aromatic rings. The first-order valence-corrected chi connectivity index (χ1v) is 10.1. The molecule has 1 N–H and O–H groups in total. The van der Waals surface area contributed by atoms with Gasteiger partial charge in [-0.3, -0.25) is 14.8 Å².